The highest BCUT2D eigenvalue weighted by molar-refractivity contribution is 5.97. The maximum atomic E-state index is 13.7. The van der Waals surface area contributed by atoms with E-state index in [0.717, 1.165) is 61.0 Å². The SMILES string of the molecule is COc1ccc(-c2cnc3c(c2)cc(C(=O)NC2CCC(C)(C)CC2)c(=O)n3CCN2CCOCC2)cc1. The summed E-state index contributed by atoms with van der Waals surface area (Å²) in [4.78, 5) is 34.1. The Bertz CT molecular complexity index is 1330. The van der Waals surface area contributed by atoms with E-state index < -0.39 is 0 Å². The van der Waals surface area contributed by atoms with Crippen molar-refractivity contribution in [3.8, 4) is 16.9 Å². The van der Waals surface area contributed by atoms with Crippen molar-refractivity contribution in [2.45, 2.75) is 52.1 Å². The Morgan fingerprint density at radius 3 is 2.47 bits per heavy atom. The molecule has 5 rings (SSSR count). The Hall–Kier alpha value is -3.23. The highest BCUT2D eigenvalue weighted by Gasteiger charge is 2.28. The number of nitrogens with one attached hydrogen (secondary N) is 1. The molecule has 8 heteroatoms. The van der Waals surface area contributed by atoms with Crippen LogP contribution in [0.5, 0.6) is 5.75 Å². The Morgan fingerprint density at radius 2 is 1.79 bits per heavy atom. The fourth-order valence-electron chi connectivity index (χ4n) is 5.45. The number of ether oxygens (including phenoxy) is 2. The normalized spacial score (nSPS) is 18.4. The van der Waals surface area contributed by atoms with Crippen LogP contribution in [0.2, 0.25) is 0 Å². The van der Waals surface area contributed by atoms with Gasteiger partial charge in [-0.3, -0.25) is 19.1 Å². The molecule has 1 aliphatic heterocycles. The Kier molecular flexibility index (Phi) is 7.81. The highest BCUT2D eigenvalue weighted by atomic mass is 16.5. The number of benzene rings is 1. The summed E-state index contributed by atoms with van der Waals surface area (Å²) in [6.07, 6.45) is 5.78. The van der Waals surface area contributed by atoms with Crippen LogP contribution in [-0.2, 0) is 11.3 Å². The van der Waals surface area contributed by atoms with E-state index in [-0.39, 0.29) is 23.1 Å². The molecule has 8 nitrogen and oxygen atoms in total. The molecule has 0 spiro atoms. The van der Waals surface area contributed by atoms with E-state index in [4.69, 9.17) is 14.5 Å². The Balaban J connectivity index is 1.48. The second kappa shape index (κ2) is 11.3. The van der Waals surface area contributed by atoms with Gasteiger partial charge in [0.1, 0.15) is 17.0 Å². The van der Waals surface area contributed by atoms with Crippen LogP contribution in [0.1, 0.15) is 49.9 Å². The number of morpholine rings is 1. The number of hydrogen-bond donors (Lipinski definition) is 1. The molecular formula is C30H38N4O4. The number of nitrogens with zero attached hydrogens (tertiary/aromatic N) is 3. The van der Waals surface area contributed by atoms with Crippen molar-refractivity contribution in [2.24, 2.45) is 5.41 Å². The van der Waals surface area contributed by atoms with Gasteiger partial charge in [-0.25, -0.2) is 4.98 Å². The van der Waals surface area contributed by atoms with Gasteiger partial charge in [0.15, 0.2) is 0 Å². The van der Waals surface area contributed by atoms with Crippen molar-refractivity contribution in [2.75, 3.05) is 40.0 Å². The zero-order chi connectivity index (χ0) is 26.7. The van der Waals surface area contributed by atoms with E-state index in [2.05, 4.69) is 24.1 Å². The number of pyridine rings is 2. The summed E-state index contributed by atoms with van der Waals surface area (Å²) in [5.41, 5.74) is 2.69. The van der Waals surface area contributed by atoms with E-state index in [1.54, 1.807) is 23.9 Å². The lowest BCUT2D eigenvalue weighted by Crippen LogP contribution is -2.43. The quantitative estimate of drug-likeness (QED) is 0.507. The van der Waals surface area contributed by atoms with Gasteiger partial charge in [-0.15, -0.1) is 0 Å². The summed E-state index contributed by atoms with van der Waals surface area (Å²) < 4.78 is 12.4. The minimum absolute atomic E-state index is 0.0937. The summed E-state index contributed by atoms with van der Waals surface area (Å²) >= 11 is 0. The molecule has 0 bridgehead atoms. The van der Waals surface area contributed by atoms with Gasteiger partial charge in [0, 0.05) is 49.4 Å². The van der Waals surface area contributed by atoms with Crippen molar-refractivity contribution in [3.63, 3.8) is 0 Å². The first kappa shape index (κ1) is 26.4. The third-order valence-electron chi connectivity index (χ3n) is 8.01. The number of rotatable bonds is 7. The Morgan fingerprint density at radius 1 is 1.08 bits per heavy atom. The minimum Gasteiger partial charge on any atom is -0.497 e. The first-order valence-electron chi connectivity index (χ1n) is 13.6. The topological polar surface area (TPSA) is 85.7 Å². The van der Waals surface area contributed by atoms with Gasteiger partial charge in [-0.2, -0.15) is 0 Å². The maximum absolute atomic E-state index is 13.7. The van der Waals surface area contributed by atoms with Gasteiger partial charge in [-0.05, 0) is 60.9 Å². The molecule has 0 unspecified atom stereocenters. The maximum Gasteiger partial charge on any atom is 0.265 e. The van der Waals surface area contributed by atoms with Crippen molar-refractivity contribution in [3.05, 3.63) is 58.5 Å². The molecule has 2 fully saturated rings. The van der Waals surface area contributed by atoms with Gasteiger partial charge < -0.3 is 14.8 Å². The van der Waals surface area contributed by atoms with Crippen LogP contribution in [0.4, 0.5) is 0 Å². The molecule has 38 heavy (non-hydrogen) atoms. The van der Waals surface area contributed by atoms with Crippen LogP contribution in [0.3, 0.4) is 0 Å². The average molecular weight is 519 g/mol. The lowest BCUT2D eigenvalue weighted by molar-refractivity contribution is 0.0364. The molecule has 0 atom stereocenters. The zero-order valence-corrected chi connectivity index (χ0v) is 22.7. The van der Waals surface area contributed by atoms with Crippen LogP contribution in [-0.4, -0.2) is 66.4 Å². The molecule has 1 saturated heterocycles. The average Bonchev–Trinajstić information content (AvgIpc) is 2.93. The molecular weight excluding hydrogens is 480 g/mol. The highest BCUT2D eigenvalue weighted by Crippen LogP contribution is 2.35. The predicted octanol–water partition coefficient (Wildman–Crippen LogP) is 4.10. The number of amides is 1. The minimum atomic E-state index is -0.295. The van der Waals surface area contributed by atoms with Crippen LogP contribution >= 0.6 is 0 Å². The van der Waals surface area contributed by atoms with Crippen molar-refractivity contribution in [1.82, 2.24) is 19.8 Å². The second-order valence-corrected chi connectivity index (χ2v) is 11.2. The first-order chi connectivity index (χ1) is 18.3. The van der Waals surface area contributed by atoms with Crippen LogP contribution in [0.25, 0.3) is 22.2 Å². The van der Waals surface area contributed by atoms with Crippen molar-refractivity contribution >= 4 is 16.9 Å². The van der Waals surface area contributed by atoms with Crippen molar-refractivity contribution in [1.29, 1.82) is 0 Å². The van der Waals surface area contributed by atoms with Gasteiger partial charge in [0.2, 0.25) is 0 Å². The molecule has 3 aromatic rings. The number of aromatic nitrogens is 2. The lowest BCUT2D eigenvalue weighted by Gasteiger charge is -2.34. The number of fused-ring (bicyclic) bond motifs is 1. The van der Waals surface area contributed by atoms with Gasteiger partial charge >= 0.3 is 0 Å². The van der Waals surface area contributed by atoms with E-state index in [1.807, 2.05) is 30.3 Å². The standard InChI is InChI=1S/C30H38N4O4/c1-30(2)10-8-24(9-11-30)32-28(35)26-19-22-18-23(21-4-6-25(37-3)7-5-21)20-31-27(22)34(29(26)36)13-12-33-14-16-38-17-15-33/h4-7,18-20,24H,8-17H2,1-3H3,(H,32,35). The number of hydrogen-bond acceptors (Lipinski definition) is 6. The van der Waals surface area contributed by atoms with E-state index in [1.165, 1.54) is 0 Å². The summed E-state index contributed by atoms with van der Waals surface area (Å²) in [7, 11) is 1.64. The number of carbonyl (C=O) groups excluding carboxylic acids is 1. The molecule has 1 amide bonds. The molecule has 1 aliphatic carbocycles. The first-order valence-corrected chi connectivity index (χ1v) is 13.6. The molecule has 2 aliphatic rings. The summed E-state index contributed by atoms with van der Waals surface area (Å²) in [6.45, 7) is 8.76. The second-order valence-electron chi connectivity index (χ2n) is 11.2. The molecule has 3 heterocycles. The Labute approximate surface area is 224 Å². The third kappa shape index (κ3) is 5.92. The predicted molar refractivity (Wildman–Crippen MR) is 149 cm³/mol. The van der Waals surface area contributed by atoms with Crippen LogP contribution in [0.15, 0.2) is 47.4 Å². The summed E-state index contributed by atoms with van der Waals surface area (Å²) in [5.74, 6) is 0.487. The number of methoxy groups -OCH3 is 1. The molecule has 2 aromatic heterocycles. The van der Waals surface area contributed by atoms with Gasteiger partial charge in [0.25, 0.3) is 11.5 Å². The van der Waals surface area contributed by atoms with Gasteiger partial charge in [0.05, 0.1) is 20.3 Å². The molecule has 1 N–H and O–H groups in total. The van der Waals surface area contributed by atoms with Crippen molar-refractivity contribution < 1.29 is 14.3 Å². The summed E-state index contributed by atoms with van der Waals surface area (Å²) in [5, 5.41) is 3.93. The fourth-order valence-corrected chi connectivity index (χ4v) is 5.45. The molecule has 1 aromatic carbocycles. The molecule has 1 saturated carbocycles. The lowest BCUT2D eigenvalue weighted by atomic mass is 9.75. The third-order valence-corrected chi connectivity index (χ3v) is 8.01. The van der Waals surface area contributed by atoms with Crippen LogP contribution in [0, 0.1) is 5.41 Å². The largest absolute Gasteiger partial charge is 0.497 e. The van der Waals surface area contributed by atoms with E-state index >= 15 is 0 Å². The number of carbonyl (C=O) groups is 1. The smallest absolute Gasteiger partial charge is 0.265 e. The summed E-state index contributed by atoms with van der Waals surface area (Å²) in [6, 6.07) is 11.6. The fraction of sp³-hybridized carbons (Fsp3) is 0.500. The van der Waals surface area contributed by atoms with Crippen LogP contribution < -0.4 is 15.6 Å². The monoisotopic (exact) mass is 518 g/mol. The molecule has 0 radical (unpaired) electrons. The zero-order valence-electron chi connectivity index (χ0n) is 22.7. The van der Waals surface area contributed by atoms with E-state index in [0.29, 0.717) is 37.4 Å². The van der Waals surface area contributed by atoms with E-state index in [9.17, 15) is 9.59 Å². The molecule has 202 valence electrons. The van der Waals surface area contributed by atoms with Gasteiger partial charge in [-0.1, -0.05) is 26.0 Å².